The summed E-state index contributed by atoms with van der Waals surface area (Å²) in [6.07, 6.45) is 4.24. The first-order valence-corrected chi connectivity index (χ1v) is 7.36. The molecule has 0 aromatic carbocycles. The summed E-state index contributed by atoms with van der Waals surface area (Å²) >= 11 is 0. The molecule has 2 rings (SSSR count). The monoisotopic (exact) mass is 293 g/mol. The number of carboxylic acid groups (broad SMARTS) is 1. The van der Waals surface area contributed by atoms with Crippen molar-refractivity contribution >= 4 is 11.9 Å². The highest BCUT2D eigenvalue weighted by Gasteiger charge is 2.30. The molecule has 2 N–H and O–H groups in total. The predicted molar refractivity (Wildman–Crippen MR) is 78.2 cm³/mol. The van der Waals surface area contributed by atoms with Crippen LogP contribution in [0, 0.1) is 11.3 Å². The van der Waals surface area contributed by atoms with Crippen LogP contribution < -0.4 is 0 Å². The van der Waals surface area contributed by atoms with Crippen LogP contribution in [-0.4, -0.2) is 44.9 Å². The smallest absolute Gasteiger partial charge is 0.354 e. The number of carbonyl (C=O) groups excluding carboxylic acids is 1. The Morgan fingerprint density at radius 1 is 1.33 bits per heavy atom. The lowest BCUT2D eigenvalue weighted by Gasteiger charge is -2.29. The van der Waals surface area contributed by atoms with E-state index in [4.69, 9.17) is 5.11 Å². The first-order valence-electron chi connectivity index (χ1n) is 7.36. The number of imidazole rings is 1. The normalized spacial score (nSPS) is 20.1. The number of likely N-dealkylation sites (tertiary alicyclic amines) is 1. The number of nitrogens with zero attached hydrogens (tertiary/aromatic N) is 2. The SMILES string of the molecule is CC(C)(C)C1CCCN(C(=O)c2nc[nH]c2C(=O)O)CC1. The Morgan fingerprint density at radius 3 is 2.67 bits per heavy atom. The zero-order valence-corrected chi connectivity index (χ0v) is 12.8. The molecule has 1 aromatic rings. The number of aromatic carboxylic acids is 1. The lowest BCUT2D eigenvalue weighted by molar-refractivity contribution is 0.0668. The van der Waals surface area contributed by atoms with Gasteiger partial charge >= 0.3 is 5.97 Å². The van der Waals surface area contributed by atoms with Crippen LogP contribution in [0.15, 0.2) is 6.33 Å². The first kappa shape index (κ1) is 15.5. The molecular weight excluding hydrogens is 270 g/mol. The highest BCUT2D eigenvalue weighted by atomic mass is 16.4. The molecule has 0 bridgehead atoms. The average Bonchev–Trinajstić information content (AvgIpc) is 2.73. The Kier molecular flexibility index (Phi) is 4.34. The van der Waals surface area contributed by atoms with Crippen molar-refractivity contribution in [1.29, 1.82) is 0 Å². The second-order valence-corrected chi connectivity index (χ2v) is 6.72. The first-order chi connectivity index (χ1) is 9.80. The molecule has 1 unspecified atom stereocenters. The van der Waals surface area contributed by atoms with Gasteiger partial charge in [-0.25, -0.2) is 9.78 Å². The number of amides is 1. The zero-order valence-electron chi connectivity index (χ0n) is 12.8. The van der Waals surface area contributed by atoms with Gasteiger partial charge in [-0.05, 0) is 30.6 Å². The van der Waals surface area contributed by atoms with Crippen LogP contribution in [0.4, 0.5) is 0 Å². The van der Waals surface area contributed by atoms with Gasteiger partial charge in [-0.2, -0.15) is 0 Å². The predicted octanol–water partition coefficient (Wildman–Crippen LogP) is 2.40. The second kappa shape index (κ2) is 5.87. The molecule has 2 heterocycles. The van der Waals surface area contributed by atoms with Gasteiger partial charge in [0.2, 0.25) is 0 Å². The van der Waals surface area contributed by atoms with Crippen LogP contribution in [0.5, 0.6) is 0 Å². The van der Waals surface area contributed by atoms with Gasteiger partial charge in [-0.3, -0.25) is 4.79 Å². The third-order valence-electron chi connectivity index (χ3n) is 4.30. The van der Waals surface area contributed by atoms with Crippen LogP contribution in [0.1, 0.15) is 61.0 Å². The largest absolute Gasteiger partial charge is 0.477 e. The molecule has 6 heteroatoms. The minimum atomic E-state index is -1.15. The van der Waals surface area contributed by atoms with Gasteiger partial charge in [0.05, 0.1) is 6.33 Å². The van der Waals surface area contributed by atoms with Crippen molar-refractivity contribution in [1.82, 2.24) is 14.9 Å². The van der Waals surface area contributed by atoms with Gasteiger partial charge in [0.25, 0.3) is 5.91 Å². The molecule has 116 valence electrons. The summed E-state index contributed by atoms with van der Waals surface area (Å²) < 4.78 is 0. The molecule has 21 heavy (non-hydrogen) atoms. The number of hydrogen-bond acceptors (Lipinski definition) is 3. The quantitative estimate of drug-likeness (QED) is 0.876. The van der Waals surface area contributed by atoms with E-state index in [-0.39, 0.29) is 22.7 Å². The fourth-order valence-corrected chi connectivity index (χ4v) is 2.93. The van der Waals surface area contributed by atoms with E-state index < -0.39 is 5.97 Å². The minimum absolute atomic E-state index is 0.0108. The lowest BCUT2D eigenvalue weighted by atomic mass is 9.77. The molecule has 1 atom stereocenters. The fraction of sp³-hybridized carbons (Fsp3) is 0.667. The van der Waals surface area contributed by atoms with E-state index in [1.165, 1.54) is 6.33 Å². The standard InChI is InChI=1S/C15H23N3O3/c1-15(2,3)10-5-4-7-18(8-6-10)13(19)11-12(14(20)21)17-9-16-11/h9-10H,4-8H2,1-3H3,(H,16,17)(H,20,21). The summed E-state index contributed by atoms with van der Waals surface area (Å²) in [7, 11) is 0. The van der Waals surface area contributed by atoms with Crippen LogP contribution in [0.25, 0.3) is 0 Å². The Hall–Kier alpha value is -1.85. The van der Waals surface area contributed by atoms with Gasteiger partial charge in [-0.1, -0.05) is 20.8 Å². The van der Waals surface area contributed by atoms with Gasteiger partial charge in [0.15, 0.2) is 11.4 Å². The third kappa shape index (κ3) is 3.43. The molecule has 6 nitrogen and oxygen atoms in total. The van der Waals surface area contributed by atoms with Crippen molar-refractivity contribution in [3.8, 4) is 0 Å². The fourth-order valence-electron chi connectivity index (χ4n) is 2.93. The zero-order chi connectivity index (χ0) is 15.6. The number of carboxylic acids is 1. The van der Waals surface area contributed by atoms with Crippen LogP contribution >= 0.6 is 0 Å². The maximum absolute atomic E-state index is 12.5. The molecule has 1 saturated heterocycles. The van der Waals surface area contributed by atoms with E-state index >= 15 is 0 Å². The number of carbonyl (C=O) groups is 2. The summed E-state index contributed by atoms with van der Waals surface area (Å²) in [6, 6.07) is 0. The Morgan fingerprint density at radius 2 is 2.05 bits per heavy atom. The van der Waals surface area contributed by atoms with E-state index in [1.807, 2.05) is 0 Å². The molecule has 0 spiro atoms. The van der Waals surface area contributed by atoms with Crippen LogP contribution in [0.2, 0.25) is 0 Å². The molecule has 1 aliphatic heterocycles. The van der Waals surface area contributed by atoms with E-state index in [0.717, 1.165) is 19.3 Å². The van der Waals surface area contributed by atoms with E-state index in [0.29, 0.717) is 19.0 Å². The maximum Gasteiger partial charge on any atom is 0.354 e. The van der Waals surface area contributed by atoms with E-state index in [9.17, 15) is 9.59 Å². The molecule has 0 aliphatic carbocycles. The summed E-state index contributed by atoms with van der Waals surface area (Å²) in [4.78, 5) is 31.7. The van der Waals surface area contributed by atoms with Crippen LogP contribution in [0.3, 0.4) is 0 Å². The summed E-state index contributed by atoms with van der Waals surface area (Å²) in [5, 5.41) is 9.06. The van der Waals surface area contributed by atoms with Crippen molar-refractivity contribution in [3.63, 3.8) is 0 Å². The number of aromatic amines is 1. The molecule has 1 amide bonds. The molecule has 1 aromatic heterocycles. The van der Waals surface area contributed by atoms with Crippen molar-refractivity contribution < 1.29 is 14.7 Å². The van der Waals surface area contributed by atoms with Crippen LogP contribution in [-0.2, 0) is 0 Å². The highest BCUT2D eigenvalue weighted by Crippen LogP contribution is 2.34. The average molecular weight is 293 g/mol. The Labute approximate surface area is 124 Å². The van der Waals surface area contributed by atoms with E-state index in [1.54, 1.807) is 4.90 Å². The number of rotatable bonds is 2. The van der Waals surface area contributed by atoms with Crippen molar-refractivity contribution in [2.24, 2.45) is 11.3 Å². The lowest BCUT2D eigenvalue weighted by Crippen LogP contribution is -2.33. The van der Waals surface area contributed by atoms with Gasteiger partial charge in [-0.15, -0.1) is 0 Å². The Bertz CT molecular complexity index is 531. The van der Waals surface area contributed by atoms with Crippen molar-refractivity contribution in [2.45, 2.75) is 40.0 Å². The summed E-state index contributed by atoms with van der Waals surface area (Å²) in [5.41, 5.74) is 0.116. The highest BCUT2D eigenvalue weighted by molar-refractivity contribution is 6.02. The molecule has 0 saturated carbocycles. The van der Waals surface area contributed by atoms with Crippen molar-refractivity contribution in [3.05, 3.63) is 17.7 Å². The number of nitrogens with one attached hydrogen (secondary N) is 1. The topological polar surface area (TPSA) is 86.3 Å². The number of H-pyrrole nitrogens is 1. The molecular formula is C15H23N3O3. The van der Waals surface area contributed by atoms with Gasteiger partial charge in [0, 0.05) is 13.1 Å². The third-order valence-corrected chi connectivity index (χ3v) is 4.30. The maximum atomic E-state index is 12.5. The number of aromatic nitrogens is 2. The van der Waals surface area contributed by atoms with Gasteiger partial charge in [0.1, 0.15) is 0 Å². The van der Waals surface area contributed by atoms with Crippen molar-refractivity contribution in [2.75, 3.05) is 13.1 Å². The molecule has 1 aliphatic rings. The summed E-state index contributed by atoms with van der Waals surface area (Å²) in [5.74, 6) is -0.866. The minimum Gasteiger partial charge on any atom is -0.477 e. The molecule has 1 fully saturated rings. The van der Waals surface area contributed by atoms with Gasteiger partial charge < -0.3 is 15.0 Å². The van der Waals surface area contributed by atoms with E-state index in [2.05, 4.69) is 30.7 Å². The Balaban J connectivity index is 2.10. The summed E-state index contributed by atoms with van der Waals surface area (Å²) in [6.45, 7) is 8.01. The second-order valence-electron chi connectivity index (χ2n) is 6.72. The molecule has 0 radical (unpaired) electrons. The number of hydrogen-bond donors (Lipinski definition) is 2.